The Bertz CT molecular complexity index is 1140. The van der Waals surface area contributed by atoms with Crippen molar-refractivity contribution in [1.82, 2.24) is 18.9 Å². The van der Waals surface area contributed by atoms with Gasteiger partial charge in [0.15, 0.2) is 10.1 Å². The van der Waals surface area contributed by atoms with Crippen LogP contribution in [0.1, 0.15) is 25.2 Å². The second kappa shape index (κ2) is 6.89. The van der Waals surface area contributed by atoms with Gasteiger partial charge in [0, 0.05) is 29.4 Å². The second-order valence-corrected chi connectivity index (χ2v) is 8.54. The van der Waals surface area contributed by atoms with Gasteiger partial charge in [-0.05, 0) is 25.0 Å². The molecule has 0 saturated carbocycles. The maximum absolute atomic E-state index is 12.3. The SMILES string of the molecule is Cc1csc2nc(CSc3nc4ccccc4n3CC(C)C)cc(=O)n12. The minimum Gasteiger partial charge on any atom is -0.319 e. The van der Waals surface area contributed by atoms with Gasteiger partial charge >= 0.3 is 0 Å². The Hall–Kier alpha value is -2.12. The average molecular weight is 385 g/mol. The van der Waals surface area contributed by atoms with Crippen LogP contribution in [0, 0.1) is 12.8 Å². The van der Waals surface area contributed by atoms with Gasteiger partial charge in [-0.1, -0.05) is 37.7 Å². The number of nitrogens with zero attached hydrogens (tertiary/aromatic N) is 4. The lowest BCUT2D eigenvalue weighted by atomic mass is 10.2. The first-order valence-corrected chi connectivity index (χ1v) is 10.4. The summed E-state index contributed by atoms with van der Waals surface area (Å²) in [4.78, 5) is 22.5. The number of rotatable bonds is 5. The van der Waals surface area contributed by atoms with Crippen molar-refractivity contribution in [3.8, 4) is 0 Å². The number of fused-ring (bicyclic) bond motifs is 2. The predicted octanol–water partition coefficient (Wildman–Crippen LogP) is 4.36. The Balaban J connectivity index is 1.66. The number of hydrogen-bond acceptors (Lipinski definition) is 5. The maximum atomic E-state index is 12.3. The van der Waals surface area contributed by atoms with Gasteiger partial charge in [-0.25, -0.2) is 9.97 Å². The van der Waals surface area contributed by atoms with E-state index in [2.05, 4.69) is 29.5 Å². The minimum atomic E-state index is -0.0139. The van der Waals surface area contributed by atoms with Crippen LogP contribution in [0.4, 0.5) is 0 Å². The molecular formula is C19H20N4OS2. The Morgan fingerprint density at radius 2 is 2.04 bits per heavy atom. The molecule has 134 valence electrons. The summed E-state index contributed by atoms with van der Waals surface area (Å²) < 4.78 is 3.93. The van der Waals surface area contributed by atoms with E-state index in [0.717, 1.165) is 39.1 Å². The molecule has 0 N–H and O–H groups in total. The quantitative estimate of drug-likeness (QED) is 0.480. The van der Waals surface area contributed by atoms with Crippen LogP contribution in [0.5, 0.6) is 0 Å². The van der Waals surface area contributed by atoms with E-state index in [-0.39, 0.29) is 5.56 Å². The molecule has 0 aliphatic carbocycles. The number of aromatic nitrogens is 4. The number of thioether (sulfide) groups is 1. The molecule has 26 heavy (non-hydrogen) atoms. The van der Waals surface area contributed by atoms with Crippen LogP contribution >= 0.6 is 23.1 Å². The molecule has 0 bridgehead atoms. The van der Waals surface area contributed by atoms with Gasteiger partial charge in [-0.3, -0.25) is 9.20 Å². The molecule has 3 heterocycles. The Kier molecular flexibility index (Phi) is 4.58. The number of imidazole rings is 1. The normalized spacial score (nSPS) is 11.8. The van der Waals surface area contributed by atoms with Crippen LogP contribution < -0.4 is 5.56 Å². The number of benzene rings is 1. The van der Waals surface area contributed by atoms with Crippen LogP contribution in [0.15, 0.2) is 45.7 Å². The van der Waals surface area contributed by atoms with E-state index < -0.39 is 0 Å². The summed E-state index contributed by atoms with van der Waals surface area (Å²) in [7, 11) is 0. The third-order valence-corrected chi connectivity index (χ3v) is 6.10. The largest absolute Gasteiger partial charge is 0.319 e. The summed E-state index contributed by atoms with van der Waals surface area (Å²) in [5, 5.41) is 2.94. The highest BCUT2D eigenvalue weighted by atomic mass is 32.2. The molecule has 0 atom stereocenters. The van der Waals surface area contributed by atoms with Gasteiger partial charge in [0.05, 0.1) is 16.7 Å². The van der Waals surface area contributed by atoms with Crippen molar-refractivity contribution < 1.29 is 0 Å². The molecule has 0 amide bonds. The molecule has 0 aliphatic rings. The second-order valence-electron chi connectivity index (χ2n) is 6.76. The molecule has 0 radical (unpaired) electrons. The highest BCUT2D eigenvalue weighted by Gasteiger charge is 2.13. The molecule has 0 aliphatic heterocycles. The first-order valence-electron chi connectivity index (χ1n) is 8.58. The van der Waals surface area contributed by atoms with Crippen molar-refractivity contribution >= 4 is 39.1 Å². The zero-order valence-electron chi connectivity index (χ0n) is 15.0. The topological polar surface area (TPSA) is 52.2 Å². The van der Waals surface area contributed by atoms with E-state index in [9.17, 15) is 4.79 Å². The summed E-state index contributed by atoms with van der Waals surface area (Å²) in [5.41, 5.74) is 3.87. The minimum absolute atomic E-state index is 0.0139. The Morgan fingerprint density at radius 1 is 1.23 bits per heavy atom. The van der Waals surface area contributed by atoms with E-state index in [1.807, 2.05) is 30.5 Å². The third kappa shape index (κ3) is 3.17. The highest BCUT2D eigenvalue weighted by Crippen LogP contribution is 2.27. The van der Waals surface area contributed by atoms with Gasteiger partial charge in [-0.2, -0.15) is 0 Å². The van der Waals surface area contributed by atoms with E-state index in [0.29, 0.717) is 11.7 Å². The molecule has 0 spiro atoms. The van der Waals surface area contributed by atoms with Crippen molar-refractivity contribution in [1.29, 1.82) is 0 Å². The van der Waals surface area contributed by atoms with Gasteiger partial charge in [0.2, 0.25) is 0 Å². The summed E-state index contributed by atoms with van der Waals surface area (Å²) in [5.74, 6) is 1.16. The molecule has 0 saturated heterocycles. The standard InChI is InChI=1S/C19H20N4OS2/c1-12(2)9-22-16-7-5-4-6-15(16)21-18(22)26-11-14-8-17(24)23-13(3)10-25-19(23)20-14/h4-8,10,12H,9,11H2,1-3H3. The zero-order chi connectivity index (χ0) is 18.3. The van der Waals surface area contributed by atoms with E-state index in [1.165, 1.54) is 11.3 Å². The number of thiazole rings is 1. The van der Waals surface area contributed by atoms with Crippen LogP contribution in [0.3, 0.4) is 0 Å². The van der Waals surface area contributed by atoms with Crippen molar-refractivity contribution in [2.24, 2.45) is 5.92 Å². The molecule has 4 aromatic rings. The highest BCUT2D eigenvalue weighted by molar-refractivity contribution is 7.98. The van der Waals surface area contributed by atoms with Gasteiger partial charge in [0.25, 0.3) is 5.56 Å². The lowest BCUT2D eigenvalue weighted by Gasteiger charge is -2.11. The van der Waals surface area contributed by atoms with Crippen molar-refractivity contribution in [3.63, 3.8) is 0 Å². The molecule has 4 rings (SSSR count). The van der Waals surface area contributed by atoms with Crippen LogP contribution in [-0.4, -0.2) is 18.9 Å². The average Bonchev–Trinajstić information content (AvgIpc) is 3.14. The fourth-order valence-electron chi connectivity index (χ4n) is 3.02. The molecule has 7 heteroatoms. The lowest BCUT2D eigenvalue weighted by Crippen LogP contribution is -2.14. The van der Waals surface area contributed by atoms with Gasteiger partial charge in [-0.15, -0.1) is 11.3 Å². The molecule has 5 nitrogen and oxygen atoms in total. The molecule has 0 unspecified atom stereocenters. The molecule has 3 aromatic heterocycles. The monoisotopic (exact) mass is 384 g/mol. The van der Waals surface area contributed by atoms with Crippen molar-refractivity contribution in [2.45, 2.75) is 38.2 Å². The summed E-state index contributed by atoms with van der Waals surface area (Å²) in [6, 6.07) is 9.85. The first-order chi connectivity index (χ1) is 12.5. The van der Waals surface area contributed by atoms with Crippen molar-refractivity contribution in [2.75, 3.05) is 0 Å². The van der Waals surface area contributed by atoms with Crippen LogP contribution in [0.2, 0.25) is 0 Å². The van der Waals surface area contributed by atoms with Gasteiger partial charge < -0.3 is 4.57 Å². The third-order valence-electron chi connectivity index (χ3n) is 4.15. The van der Waals surface area contributed by atoms with E-state index in [4.69, 9.17) is 4.98 Å². The smallest absolute Gasteiger partial charge is 0.258 e. The molecule has 1 aromatic carbocycles. The van der Waals surface area contributed by atoms with Crippen molar-refractivity contribution in [3.05, 3.63) is 57.5 Å². The fourth-order valence-corrected chi connectivity index (χ4v) is 4.83. The zero-order valence-corrected chi connectivity index (χ0v) is 16.6. The van der Waals surface area contributed by atoms with E-state index >= 15 is 0 Å². The number of para-hydroxylation sites is 2. The number of hydrogen-bond donors (Lipinski definition) is 0. The first kappa shape index (κ1) is 17.3. The maximum Gasteiger partial charge on any atom is 0.258 e. The predicted molar refractivity (Wildman–Crippen MR) is 108 cm³/mol. The summed E-state index contributed by atoms with van der Waals surface area (Å²) >= 11 is 3.14. The van der Waals surface area contributed by atoms with Gasteiger partial charge in [0.1, 0.15) is 0 Å². The lowest BCUT2D eigenvalue weighted by molar-refractivity contribution is 0.505. The summed E-state index contributed by atoms with van der Waals surface area (Å²) in [6.45, 7) is 7.26. The van der Waals surface area contributed by atoms with E-state index in [1.54, 1.807) is 22.2 Å². The van der Waals surface area contributed by atoms with Crippen LogP contribution in [-0.2, 0) is 12.3 Å². The summed E-state index contributed by atoms with van der Waals surface area (Å²) in [6.07, 6.45) is 0. The Morgan fingerprint density at radius 3 is 2.85 bits per heavy atom. The molecular weight excluding hydrogens is 364 g/mol. The number of aryl methyl sites for hydroxylation is 1. The Labute approximate surface area is 159 Å². The molecule has 0 fully saturated rings. The van der Waals surface area contributed by atoms with Crippen LogP contribution in [0.25, 0.3) is 16.0 Å². The fraction of sp³-hybridized carbons (Fsp3) is 0.316.